The Labute approximate surface area is 144 Å². The third-order valence-electron chi connectivity index (χ3n) is 5.15. The summed E-state index contributed by atoms with van der Waals surface area (Å²) in [6.07, 6.45) is 4.47. The number of hydrogen-bond donors (Lipinski definition) is 1. The summed E-state index contributed by atoms with van der Waals surface area (Å²) < 4.78 is 5.46. The SMILES string of the molecule is Cl.O=C(O)C(c1ccccc1)C1CCCC[C@@H]1N1CCOCC1. The first-order valence-electron chi connectivity index (χ1n) is 8.37. The first-order chi connectivity index (χ1) is 10.8. The summed E-state index contributed by atoms with van der Waals surface area (Å²) in [5.74, 6) is -0.877. The Balaban J connectivity index is 0.00000192. The van der Waals surface area contributed by atoms with Crippen molar-refractivity contribution in [3.63, 3.8) is 0 Å². The lowest BCUT2D eigenvalue weighted by Gasteiger charge is -2.43. The smallest absolute Gasteiger partial charge is 0.311 e. The molecule has 1 saturated heterocycles. The van der Waals surface area contributed by atoms with Gasteiger partial charge < -0.3 is 9.84 Å². The van der Waals surface area contributed by atoms with Crippen molar-refractivity contribution in [3.05, 3.63) is 35.9 Å². The van der Waals surface area contributed by atoms with E-state index in [-0.39, 0.29) is 18.3 Å². The maximum atomic E-state index is 12.0. The van der Waals surface area contributed by atoms with Crippen LogP contribution in [0.15, 0.2) is 30.3 Å². The lowest BCUT2D eigenvalue weighted by atomic mass is 9.73. The average Bonchev–Trinajstić information content (AvgIpc) is 2.57. The van der Waals surface area contributed by atoms with Crippen molar-refractivity contribution in [1.29, 1.82) is 0 Å². The van der Waals surface area contributed by atoms with Gasteiger partial charge in [-0.3, -0.25) is 9.69 Å². The molecule has 1 N–H and O–H groups in total. The Morgan fingerprint density at radius 2 is 1.78 bits per heavy atom. The summed E-state index contributed by atoms with van der Waals surface area (Å²) in [6.45, 7) is 3.41. The fourth-order valence-electron chi connectivity index (χ4n) is 4.12. The van der Waals surface area contributed by atoms with E-state index < -0.39 is 11.9 Å². The quantitative estimate of drug-likeness (QED) is 0.915. The molecule has 2 unspecified atom stereocenters. The van der Waals surface area contributed by atoms with E-state index in [0.29, 0.717) is 6.04 Å². The van der Waals surface area contributed by atoms with Crippen LogP contribution in [0.1, 0.15) is 37.2 Å². The monoisotopic (exact) mass is 339 g/mol. The third kappa shape index (κ3) is 4.25. The number of halogens is 1. The molecule has 1 heterocycles. The minimum Gasteiger partial charge on any atom is -0.481 e. The highest BCUT2D eigenvalue weighted by Gasteiger charge is 2.39. The van der Waals surface area contributed by atoms with Crippen molar-refractivity contribution in [2.24, 2.45) is 5.92 Å². The fourth-order valence-corrected chi connectivity index (χ4v) is 4.12. The van der Waals surface area contributed by atoms with Gasteiger partial charge in [0.1, 0.15) is 0 Å². The maximum absolute atomic E-state index is 12.0. The zero-order chi connectivity index (χ0) is 15.4. The first-order valence-corrected chi connectivity index (χ1v) is 8.37. The standard InChI is InChI=1S/C18H25NO3.ClH/c20-18(21)17(14-6-2-1-3-7-14)15-8-4-5-9-16(15)19-10-12-22-13-11-19;/h1-3,6-7,15-17H,4-5,8-13H2,(H,20,21);1H/t15?,16-,17?;/m0./s1. The molecule has 1 aliphatic carbocycles. The zero-order valence-electron chi connectivity index (χ0n) is 13.4. The normalized spacial score (nSPS) is 27.0. The predicted molar refractivity (Wildman–Crippen MR) is 92.2 cm³/mol. The molecule has 1 aliphatic heterocycles. The molecule has 23 heavy (non-hydrogen) atoms. The van der Waals surface area contributed by atoms with Gasteiger partial charge in [0.25, 0.3) is 0 Å². The minimum atomic E-state index is -0.684. The Kier molecular flexibility index (Phi) is 6.88. The number of carboxylic acids is 1. The minimum absolute atomic E-state index is 0. The molecule has 2 fully saturated rings. The van der Waals surface area contributed by atoms with Gasteiger partial charge in [-0.25, -0.2) is 0 Å². The number of hydrogen-bond acceptors (Lipinski definition) is 3. The zero-order valence-corrected chi connectivity index (χ0v) is 14.2. The topological polar surface area (TPSA) is 49.8 Å². The highest BCUT2D eigenvalue weighted by Crippen LogP contribution is 2.39. The Bertz CT molecular complexity index is 490. The van der Waals surface area contributed by atoms with Crippen LogP contribution >= 0.6 is 12.4 Å². The third-order valence-corrected chi connectivity index (χ3v) is 5.15. The van der Waals surface area contributed by atoms with Crippen LogP contribution in [0.3, 0.4) is 0 Å². The van der Waals surface area contributed by atoms with Crippen LogP contribution in [0.5, 0.6) is 0 Å². The molecular formula is C18H26ClNO3. The summed E-state index contributed by atoms with van der Waals surface area (Å²) in [5.41, 5.74) is 0.945. The predicted octanol–water partition coefficient (Wildman–Crippen LogP) is 3.17. The highest BCUT2D eigenvalue weighted by molar-refractivity contribution is 5.85. The van der Waals surface area contributed by atoms with E-state index in [1.807, 2.05) is 30.3 Å². The number of morpholine rings is 1. The van der Waals surface area contributed by atoms with Crippen molar-refractivity contribution in [1.82, 2.24) is 4.90 Å². The number of nitrogens with zero attached hydrogens (tertiary/aromatic N) is 1. The van der Waals surface area contributed by atoms with Gasteiger partial charge >= 0.3 is 5.97 Å². The molecule has 1 aromatic rings. The molecule has 0 spiro atoms. The van der Waals surface area contributed by atoms with Gasteiger partial charge in [-0.1, -0.05) is 43.2 Å². The number of carboxylic acid groups (broad SMARTS) is 1. The summed E-state index contributed by atoms with van der Waals surface area (Å²) >= 11 is 0. The van der Waals surface area contributed by atoms with Crippen LogP contribution in [0, 0.1) is 5.92 Å². The summed E-state index contributed by atoms with van der Waals surface area (Å²) in [5, 5.41) is 9.85. The van der Waals surface area contributed by atoms with Crippen LogP contribution in [0.2, 0.25) is 0 Å². The van der Waals surface area contributed by atoms with Gasteiger partial charge in [0.05, 0.1) is 19.1 Å². The highest BCUT2D eigenvalue weighted by atomic mass is 35.5. The fraction of sp³-hybridized carbons (Fsp3) is 0.611. The van der Waals surface area contributed by atoms with E-state index in [9.17, 15) is 9.90 Å². The second-order valence-corrected chi connectivity index (χ2v) is 6.39. The van der Waals surface area contributed by atoms with Gasteiger partial charge in [-0.05, 0) is 24.3 Å². The molecule has 2 aliphatic rings. The van der Waals surface area contributed by atoms with Crippen molar-refractivity contribution in [3.8, 4) is 0 Å². The molecule has 0 aromatic heterocycles. The van der Waals surface area contributed by atoms with Crippen LogP contribution in [-0.4, -0.2) is 48.3 Å². The lowest BCUT2D eigenvalue weighted by Crippen LogP contribution is -2.50. The molecule has 3 rings (SSSR count). The van der Waals surface area contributed by atoms with E-state index in [1.165, 1.54) is 6.42 Å². The van der Waals surface area contributed by atoms with Crippen LogP contribution in [-0.2, 0) is 9.53 Å². The van der Waals surface area contributed by atoms with E-state index in [0.717, 1.165) is 51.1 Å². The molecular weight excluding hydrogens is 314 g/mol. The molecule has 1 aromatic carbocycles. The first kappa shape index (κ1) is 18.2. The second kappa shape index (κ2) is 8.67. The van der Waals surface area contributed by atoms with Crippen LogP contribution in [0.4, 0.5) is 0 Å². The second-order valence-electron chi connectivity index (χ2n) is 6.39. The lowest BCUT2D eigenvalue weighted by molar-refractivity contribution is -0.141. The largest absolute Gasteiger partial charge is 0.481 e. The van der Waals surface area contributed by atoms with Crippen LogP contribution in [0.25, 0.3) is 0 Å². The molecule has 4 nitrogen and oxygen atoms in total. The van der Waals surface area contributed by atoms with Gasteiger partial charge in [-0.2, -0.15) is 0 Å². The van der Waals surface area contributed by atoms with Crippen LogP contribution < -0.4 is 0 Å². The molecule has 0 bridgehead atoms. The van der Waals surface area contributed by atoms with E-state index in [1.54, 1.807) is 0 Å². The average molecular weight is 340 g/mol. The van der Waals surface area contributed by atoms with E-state index in [4.69, 9.17) is 4.74 Å². The molecule has 0 radical (unpaired) electrons. The number of aliphatic carboxylic acids is 1. The van der Waals surface area contributed by atoms with Gasteiger partial charge in [0, 0.05) is 19.1 Å². The van der Waals surface area contributed by atoms with Gasteiger partial charge in [0.15, 0.2) is 0 Å². The van der Waals surface area contributed by atoms with Crippen molar-refractivity contribution < 1.29 is 14.6 Å². The maximum Gasteiger partial charge on any atom is 0.311 e. The summed E-state index contributed by atoms with van der Waals surface area (Å²) in [4.78, 5) is 14.4. The molecule has 1 saturated carbocycles. The molecule has 128 valence electrons. The van der Waals surface area contributed by atoms with E-state index >= 15 is 0 Å². The van der Waals surface area contributed by atoms with E-state index in [2.05, 4.69) is 4.90 Å². The number of benzene rings is 1. The van der Waals surface area contributed by atoms with Gasteiger partial charge in [-0.15, -0.1) is 12.4 Å². The Morgan fingerprint density at radius 1 is 1.13 bits per heavy atom. The number of rotatable bonds is 4. The van der Waals surface area contributed by atoms with Gasteiger partial charge in [0.2, 0.25) is 0 Å². The summed E-state index contributed by atoms with van der Waals surface area (Å²) in [6, 6.07) is 10.1. The van der Waals surface area contributed by atoms with Crippen molar-refractivity contribution >= 4 is 18.4 Å². The molecule has 0 amide bonds. The molecule has 5 heteroatoms. The summed E-state index contributed by atoms with van der Waals surface area (Å²) in [7, 11) is 0. The molecule has 3 atom stereocenters. The Morgan fingerprint density at radius 3 is 2.43 bits per heavy atom. The van der Waals surface area contributed by atoms with Crippen molar-refractivity contribution in [2.45, 2.75) is 37.6 Å². The van der Waals surface area contributed by atoms with Crippen molar-refractivity contribution in [2.75, 3.05) is 26.3 Å². The number of ether oxygens (including phenoxy) is 1. The number of carbonyl (C=O) groups is 1. The Hall–Kier alpha value is -1.10.